The average Bonchev–Trinajstić information content (AvgIpc) is 2.72. The summed E-state index contributed by atoms with van der Waals surface area (Å²) in [6.07, 6.45) is 0.837. The molecule has 0 saturated heterocycles. The number of hydrogen-bond acceptors (Lipinski definition) is 6. The van der Waals surface area contributed by atoms with Crippen LogP contribution in [0.25, 0.3) is 0 Å². The van der Waals surface area contributed by atoms with Crippen LogP contribution in [-0.2, 0) is 0 Å². The van der Waals surface area contributed by atoms with E-state index in [1.165, 1.54) is 6.20 Å². The topological polar surface area (TPSA) is 80.5 Å². The Bertz CT molecular complexity index is 805. The molecule has 10 heteroatoms. The number of nitrogens with one attached hydrogen (secondary N) is 1. The highest BCUT2D eigenvalue weighted by Crippen LogP contribution is 2.31. The molecule has 2 aliphatic heterocycles. The number of aliphatic imine (C=N–C) groups is 2. The lowest BCUT2D eigenvalue weighted by atomic mass is 9.96. The number of dihydropyridines is 2. The third kappa shape index (κ3) is 6.74. The van der Waals surface area contributed by atoms with E-state index in [1.54, 1.807) is 17.1 Å². The fourth-order valence-corrected chi connectivity index (χ4v) is 4.50. The van der Waals surface area contributed by atoms with Crippen molar-refractivity contribution in [2.45, 2.75) is 42.9 Å². The molecule has 172 valence electrons. The molecule has 0 bridgehead atoms. The van der Waals surface area contributed by atoms with Gasteiger partial charge in [-0.25, -0.2) is 0 Å². The Balaban J connectivity index is 2.23. The van der Waals surface area contributed by atoms with Crippen LogP contribution in [-0.4, -0.2) is 69.4 Å². The lowest BCUT2D eigenvalue weighted by molar-refractivity contribution is -0.0874. The number of aliphatic hydroxyl groups is 2. The standard InChI is InChI=1S/C21H28F3IN4O2/c1-4-17-15(13(3)10-18(25)28-17)6-7-26-20(31)16-11-14(21(22,23)24)12-27-19(16)29(5-2)8-9-30/h4,6-7,11-12,16,18-20,26,30-31H,1,5,8-10H2,2-3H3/b7-6+. The van der Waals surface area contributed by atoms with Crippen LogP contribution in [0.5, 0.6) is 0 Å². The molecule has 6 nitrogen and oxygen atoms in total. The first-order valence-electron chi connectivity index (χ1n) is 9.94. The Kier molecular flexibility index (Phi) is 9.46. The molecule has 0 aromatic rings. The minimum absolute atomic E-state index is 0.125. The number of allylic oxidation sites excluding steroid dienone is 4. The van der Waals surface area contributed by atoms with Crippen molar-refractivity contribution in [1.29, 1.82) is 0 Å². The van der Waals surface area contributed by atoms with Gasteiger partial charge in [-0.15, -0.1) is 0 Å². The molecule has 0 radical (unpaired) electrons. The van der Waals surface area contributed by atoms with Crippen molar-refractivity contribution in [2.24, 2.45) is 15.9 Å². The molecule has 0 spiro atoms. The number of likely N-dealkylation sites (N-methyl/N-ethyl adjacent to an activating group) is 1. The summed E-state index contributed by atoms with van der Waals surface area (Å²) in [5.74, 6) is -0.967. The largest absolute Gasteiger partial charge is 0.417 e. The Morgan fingerprint density at radius 2 is 2.16 bits per heavy atom. The predicted molar refractivity (Wildman–Crippen MR) is 125 cm³/mol. The van der Waals surface area contributed by atoms with Gasteiger partial charge in [0.05, 0.1) is 23.8 Å². The molecule has 0 aliphatic carbocycles. The molecule has 0 fully saturated rings. The van der Waals surface area contributed by atoms with Crippen molar-refractivity contribution in [3.63, 3.8) is 0 Å². The van der Waals surface area contributed by atoms with E-state index in [1.807, 2.05) is 13.8 Å². The SMILES string of the molecule is C=CC1=NC(I)CC(C)=C1/C=C/NC(O)C1C=C(C(F)(F)F)C=NC1N(CC)CCO. The van der Waals surface area contributed by atoms with Crippen molar-refractivity contribution in [3.8, 4) is 0 Å². The first-order valence-corrected chi connectivity index (χ1v) is 11.2. The highest BCUT2D eigenvalue weighted by atomic mass is 127. The predicted octanol–water partition coefficient (Wildman–Crippen LogP) is 3.35. The highest BCUT2D eigenvalue weighted by molar-refractivity contribution is 14.1. The van der Waals surface area contributed by atoms with E-state index < -0.39 is 30.1 Å². The molecule has 0 aromatic heterocycles. The summed E-state index contributed by atoms with van der Waals surface area (Å²) in [5, 5.41) is 22.7. The van der Waals surface area contributed by atoms with Crippen molar-refractivity contribution in [1.82, 2.24) is 10.2 Å². The number of alkyl halides is 4. The van der Waals surface area contributed by atoms with Gasteiger partial charge >= 0.3 is 6.18 Å². The average molecular weight is 552 g/mol. The maximum atomic E-state index is 13.2. The molecule has 4 atom stereocenters. The van der Waals surface area contributed by atoms with Gasteiger partial charge in [-0.05, 0) is 31.8 Å². The summed E-state index contributed by atoms with van der Waals surface area (Å²) in [5.41, 5.74) is 1.80. The van der Waals surface area contributed by atoms with E-state index in [0.717, 1.165) is 35.6 Å². The van der Waals surface area contributed by atoms with Crippen molar-refractivity contribution in [2.75, 3.05) is 19.7 Å². The zero-order chi connectivity index (χ0) is 23.2. The zero-order valence-corrected chi connectivity index (χ0v) is 19.6. The molecule has 0 saturated carbocycles. The number of rotatable bonds is 9. The monoisotopic (exact) mass is 552 g/mol. The summed E-state index contributed by atoms with van der Waals surface area (Å²) >= 11 is 2.24. The van der Waals surface area contributed by atoms with E-state index in [4.69, 9.17) is 0 Å². The molecule has 0 amide bonds. The van der Waals surface area contributed by atoms with E-state index in [2.05, 4.69) is 44.5 Å². The minimum Gasteiger partial charge on any atom is -0.395 e. The second-order valence-electron chi connectivity index (χ2n) is 7.24. The molecule has 2 rings (SSSR count). The second-order valence-corrected chi connectivity index (χ2v) is 8.67. The summed E-state index contributed by atoms with van der Waals surface area (Å²) in [7, 11) is 0. The van der Waals surface area contributed by atoms with Gasteiger partial charge in [-0.3, -0.25) is 14.9 Å². The van der Waals surface area contributed by atoms with Crippen LogP contribution < -0.4 is 5.32 Å². The van der Waals surface area contributed by atoms with Crippen LogP contribution in [0, 0.1) is 5.92 Å². The first kappa shape index (κ1) is 25.8. The van der Waals surface area contributed by atoms with Gasteiger partial charge in [0.2, 0.25) is 0 Å². The van der Waals surface area contributed by atoms with Gasteiger partial charge < -0.3 is 15.5 Å². The summed E-state index contributed by atoms with van der Waals surface area (Å²) < 4.78 is 39.8. The van der Waals surface area contributed by atoms with Crippen LogP contribution in [0.3, 0.4) is 0 Å². The van der Waals surface area contributed by atoms with Crippen LogP contribution in [0.2, 0.25) is 0 Å². The highest BCUT2D eigenvalue weighted by Gasteiger charge is 2.39. The van der Waals surface area contributed by atoms with Gasteiger partial charge in [0, 0.05) is 24.8 Å². The molecular formula is C21H28F3IN4O2. The molecule has 3 N–H and O–H groups in total. The minimum atomic E-state index is -4.56. The van der Waals surface area contributed by atoms with Gasteiger partial charge in [-0.1, -0.05) is 47.7 Å². The molecular weight excluding hydrogens is 524 g/mol. The first-order chi connectivity index (χ1) is 14.6. The Labute approximate surface area is 194 Å². The van der Waals surface area contributed by atoms with Crippen LogP contribution in [0.4, 0.5) is 13.2 Å². The molecule has 2 heterocycles. The number of nitrogens with zero attached hydrogens (tertiary/aromatic N) is 3. The van der Waals surface area contributed by atoms with Crippen LogP contribution in [0.15, 0.2) is 57.7 Å². The van der Waals surface area contributed by atoms with E-state index in [9.17, 15) is 23.4 Å². The van der Waals surface area contributed by atoms with E-state index in [-0.39, 0.29) is 17.2 Å². The van der Waals surface area contributed by atoms with Gasteiger partial charge in [0.15, 0.2) is 0 Å². The third-order valence-corrected chi connectivity index (χ3v) is 5.86. The fraction of sp³-hybridized carbons (Fsp3) is 0.524. The third-order valence-electron chi connectivity index (χ3n) is 5.14. The van der Waals surface area contributed by atoms with Crippen LogP contribution >= 0.6 is 22.6 Å². The van der Waals surface area contributed by atoms with E-state index >= 15 is 0 Å². The Morgan fingerprint density at radius 3 is 2.74 bits per heavy atom. The van der Waals surface area contributed by atoms with Crippen molar-refractivity contribution in [3.05, 3.63) is 47.7 Å². The quantitative estimate of drug-likeness (QED) is 0.178. The summed E-state index contributed by atoms with van der Waals surface area (Å²) in [6.45, 7) is 8.11. The Hall–Kier alpha value is -1.50. The maximum absolute atomic E-state index is 13.2. The lowest BCUT2D eigenvalue weighted by Gasteiger charge is -2.36. The van der Waals surface area contributed by atoms with Gasteiger partial charge in [-0.2, -0.15) is 13.2 Å². The zero-order valence-electron chi connectivity index (χ0n) is 17.5. The smallest absolute Gasteiger partial charge is 0.395 e. The summed E-state index contributed by atoms with van der Waals surface area (Å²) in [4.78, 5) is 10.3. The van der Waals surface area contributed by atoms with Crippen molar-refractivity contribution >= 4 is 34.5 Å². The Morgan fingerprint density at radius 1 is 1.45 bits per heavy atom. The molecule has 2 aliphatic rings. The van der Waals surface area contributed by atoms with E-state index in [0.29, 0.717) is 6.54 Å². The van der Waals surface area contributed by atoms with Gasteiger partial charge in [0.25, 0.3) is 0 Å². The van der Waals surface area contributed by atoms with Gasteiger partial charge in [0.1, 0.15) is 16.4 Å². The van der Waals surface area contributed by atoms with Crippen LogP contribution in [0.1, 0.15) is 20.3 Å². The fourth-order valence-electron chi connectivity index (χ4n) is 3.54. The number of halogens is 4. The number of aliphatic hydroxyl groups excluding tert-OH is 2. The molecule has 4 unspecified atom stereocenters. The normalized spacial score (nSPS) is 25.6. The lowest BCUT2D eigenvalue weighted by Crippen LogP contribution is -2.49. The van der Waals surface area contributed by atoms with Crippen molar-refractivity contribution < 1.29 is 23.4 Å². The molecule has 0 aromatic carbocycles. The molecule has 31 heavy (non-hydrogen) atoms. The summed E-state index contributed by atoms with van der Waals surface area (Å²) in [6, 6.07) is 0. The maximum Gasteiger partial charge on any atom is 0.417 e. The number of hydrogen-bond donors (Lipinski definition) is 3. The second kappa shape index (κ2) is 11.4.